The van der Waals surface area contributed by atoms with Crippen LogP contribution in [0.3, 0.4) is 0 Å². The summed E-state index contributed by atoms with van der Waals surface area (Å²) in [5.41, 5.74) is 4.31. The number of benzene rings is 4. The molecule has 5 aromatic rings. The molecule has 6 N–H and O–H groups in total. The molecule has 10 nitrogen and oxygen atoms in total. The summed E-state index contributed by atoms with van der Waals surface area (Å²) in [6.45, 7) is 2.40. The van der Waals surface area contributed by atoms with Crippen LogP contribution in [0, 0.1) is 5.92 Å². The lowest BCUT2D eigenvalue weighted by Gasteiger charge is -2.40. The summed E-state index contributed by atoms with van der Waals surface area (Å²) >= 11 is 0. The summed E-state index contributed by atoms with van der Waals surface area (Å²) < 4.78 is 2.09. The highest BCUT2D eigenvalue weighted by molar-refractivity contribution is 5.95. The van der Waals surface area contributed by atoms with Gasteiger partial charge in [0.25, 0.3) is 0 Å². The molecule has 270 valence electrons. The second-order valence-electron chi connectivity index (χ2n) is 13.2. The van der Waals surface area contributed by atoms with E-state index in [2.05, 4.69) is 64.6 Å². The van der Waals surface area contributed by atoms with E-state index >= 15 is 0 Å². The van der Waals surface area contributed by atoms with Crippen molar-refractivity contribution in [2.75, 3.05) is 6.54 Å². The first-order valence-corrected chi connectivity index (χ1v) is 17.4. The molecular formula is C43H42N4O6. The van der Waals surface area contributed by atoms with Crippen LogP contribution in [0.5, 0.6) is 23.0 Å². The van der Waals surface area contributed by atoms with Crippen molar-refractivity contribution < 1.29 is 30.0 Å². The number of imidazole rings is 1. The molecule has 0 fully saturated rings. The molecule has 1 heterocycles. The van der Waals surface area contributed by atoms with Gasteiger partial charge in [-0.2, -0.15) is 0 Å². The van der Waals surface area contributed by atoms with Crippen molar-refractivity contribution in [3.05, 3.63) is 167 Å². The summed E-state index contributed by atoms with van der Waals surface area (Å²) in [4.78, 5) is 31.8. The maximum atomic E-state index is 13.7. The largest absolute Gasteiger partial charge is 0.504 e. The molecule has 53 heavy (non-hydrogen) atoms. The number of carbonyl (C=O) groups is 2. The van der Waals surface area contributed by atoms with Crippen LogP contribution >= 0.6 is 0 Å². The number of nitrogens with zero attached hydrogens (tertiary/aromatic N) is 2. The van der Waals surface area contributed by atoms with Gasteiger partial charge in [0, 0.05) is 25.2 Å². The number of phenols is 4. The summed E-state index contributed by atoms with van der Waals surface area (Å²) in [5.74, 6) is -1.74. The zero-order chi connectivity index (χ0) is 37.4. The molecule has 0 saturated carbocycles. The summed E-state index contributed by atoms with van der Waals surface area (Å²) in [7, 11) is 0. The monoisotopic (exact) mass is 710 g/mol. The van der Waals surface area contributed by atoms with Gasteiger partial charge in [-0.3, -0.25) is 9.59 Å². The predicted molar refractivity (Wildman–Crippen MR) is 203 cm³/mol. The number of allylic oxidation sites excluding steroid dienone is 4. The average Bonchev–Trinajstić information content (AvgIpc) is 3.63. The lowest BCUT2D eigenvalue weighted by atomic mass is 9.72. The molecule has 0 saturated heterocycles. The number of phenolic OH excluding ortho intramolecular Hbond substituents is 4. The molecule has 10 heteroatoms. The van der Waals surface area contributed by atoms with Crippen molar-refractivity contribution >= 4 is 17.9 Å². The van der Waals surface area contributed by atoms with Crippen LogP contribution in [0.15, 0.2) is 139 Å². The third kappa shape index (κ3) is 8.34. The molecule has 0 bridgehead atoms. The zero-order valence-electron chi connectivity index (χ0n) is 29.3. The Bertz CT molecular complexity index is 2120. The minimum Gasteiger partial charge on any atom is -0.504 e. The van der Waals surface area contributed by atoms with Gasteiger partial charge in [-0.15, -0.1) is 0 Å². The fourth-order valence-electron chi connectivity index (χ4n) is 6.76. The van der Waals surface area contributed by atoms with E-state index in [1.165, 1.54) is 42.0 Å². The Kier molecular flexibility index (Phi) is 11.1. The Morgan fingerprint density at radius 2 is 1.55 bits per heavy atom. The fraction of sp³-hybridized carbons (Fsp3) is 0.186. The first kappa shape index (κ1) is 36.2. The quantitative estimate of drug-likeness (QED) is 0.0635. The van der Waals surface area contributed by atoms with Crippen LogP contribution in [0.1, 0.15) is 41.3 Å². The maximum Gasteiger partial charge on any atom is 0.244 e. The van der Waals surface area contributed by atoms with Crippen LogP contribution in [0.4, 0.5) is 0 Å². The van der Waals surface area contributed by atoms with Crippen LogP contribution in [-0.4, -0.2) is 54.4 Å². The number of rotatable bonds is 13. The minimum absolute atomic E-state index is 0.0768. The van der Waals surface area contributed by atoms with Crippen molar-refractivity contribution in [2.45, 2.75) is 37.8 Å². The van der Waals surface area contributed by atoms with Crippen molar-refractivity contribution in [3.63, 3.8) is 0 Å². The van der Waals surface area contributed by atoms with Crippen molar-refractivity contribution in [3.8, 4) is 23.0 Å². The van der Waals surface area contributed by atoms with E-state index in [1.807, 2.05) is 42.6 Å². The molecule has 1 aliphatic rings. The maximum absolute atomic E-state index is 13.7. The molecule has 2 amide bonds. The van der Waals surface area contributed by atoms with Gasteiger partial charge in [0.15, 0.2) is 23.0 Å². The SMILES string of the molecule is CC1C=CC=C(C(c2ccccc2)(c2ccccc2)n2cnc(C[C@H](NC(=O)/C=C/c3ccc(O)c(O)c3)C(=O)NCCc3ccc(O)c(O)c3)c2)C1. The Morgan fingerprint density at radius 1 is 0.887 bits per heavy atom. The summed E-state index contributed by atoms with van der Waals surface area (Å²) in [6, 6.07) is 28.2. The van der Waals surface area contributed by atoms with Crippen molar-refractivity contribution in [1.29, 1.82) is 0 Å². The highest BCUT2D eigenvalue weighted by Crippen LogP contribution is 2.44. The van der Waals surface area contributed by atoms with Gasteiger partial charge in [-0.05, 0) is 76.9 Å². The van der Waals surface area contributed by atoms with Gasteiger partial charge in [0.2, 0.25) is 11.8 Å². The molecule has 6 rings (SSSR count). The van der Waals surface area contributed by atoms with Crippen molar-refractivity contribution in [2.24, 2.45) is 5.92 Å². The molecule has 0 aliphatic heterocycles. The van der Waals surface area contributed by atoms with Crippen LogP contribution in [0.25, 0.3) is 6.08 Å². The van der Waals surface area contributed by atoms with Gasteiger partial charge in [0.05, 0.1) is 12.0 Å². The smallest absolute Gasteiger partial charge is 0.244 e. The van der Waals surface area contributed by atoms with Gasteiger partial charge in [0.1, 0.15) is 11.6 Å². The normalized spacial score (nSPS) is 14.8. The number of aromatic hydroxyl groups is 4. The molecule has 0 radical (unpaired) electrons. The van der Waals surface area contributed by atoms with E-state index in [-0.39, 0.29) is 36.0 Å². The number of hydrogen-bond donors (Lipinski definition) is 6. The molecule has 1 aromatic heterocycles. The van der Waals surface area contributed by atoms with Gasteiger partial charge in [-0.25, -0.2) is 4.98 Å². The first-order chi connectivity index (χ1) is 25.6. The van der Waals surface area contributed by atoms with Gasteiger partial charge < -0.3 is 35.6 Å². The van der Waals surface area contributed by atoms with E-state index in [0.717, 1.165) is 17.5 Å². The van der Waals surface area contributed by atoms with E-state index in [9.17, 15) is 30.0 Å². The summed E-state index contributed by atoms with van der Waals surface area (Å²) in [6.07, 6.45) is 14.2. The Labute approximate surface area is 308 Å². The second kappa shape index (κ2) is 16.2. The Morgan fingerprint density at radius 3 is 2.19 bits per heavy atom. The number of nitrogens with one attached hydrogen (secondary N) is 2. The molecule has 0 spiro atoms. The highest BCUT2D eigenvalue weighted by Gasteiger charge is 2.41. The summed E-state index contributed by atoms with van der Waals surface area (Å²) in [5, 5.41) is 44.8. The molecular weight excluding hydrogens is 668 g/mol. The molecule has 2 atom stereocenters. The fourth-order valence-corrected chi connectivity index (χ4v) is 6.76. The van der Waals surface area contributed by atoms with Gasteiger partial charge >= 0.3 is 0 Å². The Balaban J connectivity index is 1.31. The molecule has 4 aromatic carbocycles. The number of hydrogen-bond acceptors (Lipinski definition) is 7. The average molecular weight is 711 g/mol. The number of carbonyl (C=O) groups excluding carboxylic acids is 2. The highest BCUT2D eigenvalue weighted by atomic mass is 16.3. The van der Waals surface area contributed by atoms with E-state index < -0.39 is 23.4 Å². The van der Waals surface area contributed by atoms with E-state index in [0.29, 0.717) is 29.2 Å². The third-order valence-corrected chi connectivity index (χ3v) is 9.38. The third-order valence-electron chi connectivity index (χ3n) is 9.38. The van der Waals surface area contributed by atoms with Crippen molar-refractivity contribution in [1.82, 2.24) is 20.2 Å². The van der Waals surface area contributed by atoms with Crippen LogP contribution < -0.4 is 10.6 Å². The van der Waals surface area contributed by atoms with Crippen LogP contribution in [-0.2, 0) is 28.0 Å². The lowest BCUT2D eigenvalue weighted by molar-refractivity contribution is -0.127. The topological polar surface area (TPSA) is 157 Å². The van der Waals surface area contributed by atoms with Gasteiger partial charge in [-0.1, -0.05) is 97.9 Å². The second-order valence-corrected chi connectivity index (χ2v) is 13.2. The number of aromatic nitrogens is 2. The first-order valence-electron chi connectivity index (χ1n) is 17.4. The lowest BCUT2D eigenvalue weighted by Crippen LogP contribution is -2.48. The van der Waals surface area contributed by atoms with E-state index in [4.69, 9.17) is 4.98 Å². The molecule has 1 unspecified atom stereocenters. The Hall–Kier alpha value is -6.55. The predicted octanol–water partition coefficient (Wildman–Crippen LogP) is 6.12. The zero-order valence-corrected chi connectivity index (χ0v) is 29.3. The molecule has 1 aliphatic carbocycles. The van der Waals surface area contributed by atoms with Crippen LogP contribution in [0.2, 0.25) is 0 Å². The standard InChI is InChI=1S/C43H42N4O6/c1-29-9-8-14-34(23-29)43(32-10-4-2-5-11-32,33-12-6-3-7-13-33)47-27-35(45-28-47)26-36(42(53)44-22-21-31-16-19-38(49)40(51)25-31)46-41(52)20-17-30-15-18-37(48)39(50)24-30/h2-20,24-25,27-29,36,48-51H,21-23,26H2,1H3,(H,44,53)(H,46,52)/b20-17+/t29?,36-/m0/s1. The van der Waals surface area contributed by atoms with E-state index in [1.54, 1.807) is 18.5 Å². The number of amides is 2. The minimum atomic E-state index is -1.02.